The van der Waals surface area contributed by atoms with Gasteiger partial charge in [-0.3, -0.25) is 4.79 Å². The average Bonchev–Trinajstić information content (AvgIpc) is 3.00. The highest BCUT2D eigenvalue weighted by atomic mass is 16.3. The molecule has 2 heterocycles. The SMILES string of the molecule is Cc1ocnc1C(=O)N[C@@H]1CCCN(CCc2ccccc2)C1. The molecular weight excluding hydrogens is 290 g/mol. The van der Waals surface area contributed by atoms with Crippen molar-refractivity contribution in [2.24, 2.45) is 0 Å². The smallest absolute Gasteiger partial charge is 0.273 e. The van der Waals surface area contributed by atoms with Crippen LogP contribution in [0, 0.1) is 6.92 Å². The van der Waals surface area contributed by atoms with Gasteiger partial charge in [0.25, 0.3) is 5.91 Å². The van der Waals surface area contributed by atoms with E-state index < -0.39 is 0 Å². The molecule has 0 bridgehead atoms. The number of hydrogen-bond acceptors (Lipinski definition) is 4. The molecule has 0 spiro atoms. The summed E-state index contributed by atoms with van der Waals surface area (Å²) < 4.78 is 5.10. The van der Waals surface area contributed by atoms with Crippen LogP contribution in [-0.4, -0.2) is 41.5 Å². The molecule has 0 aliphatic carbocycles. The van der Waals surface area contributed by atoms with Gasteiger partial charge in [-0.25, -0.2) is 4.98 Å². The van der Waals surface area contributed by atoms with Crippen molar-refractivity contribution in [1.29, 1.82) is 0 Å². The van der Waals surface area contributed by atoms with Crippen LogP contribution in [0.5, 0.6) is 0 Å². The number of aryl methyl sites for hydroxylation is 1. The molecule has 1 aliphatic heterocycles. The van der Waals surface area contributed by atoms with Crippen LogP contribution in [0.15, 0.2) is 41.1 Å². The van der Waals surface area contributed by atoms with Crippen molar-refractivity contribution in [3.05, 3.63) is 53.7 Å². The molecule has 1 fully saturated rings. The van der Waals surface area contributed by atoms with Crippen molar-refractivity contribution >= 4 is 5.91 Å². The summed E-state index contributed by atoms with van der Waals surface area (Å²) in [5.74, 6) is 0.436. The van der Waals surface area contributed by atoms with Crippen molar-refractivity contribution in [3.63, 3.8) is 0 Å². The maximum Gasteiger partial charge on any atom is 0.273 e. The van der Waals surface area contributed by atoms with Crippen molar-refractivity contribution in [2.45, 2.75) is 32.2 Å². The number of rotatable bonds is 5. The molecule has 0 radical (unpaired) electrons. The van der Waals surface area contributed by atoms with Crippen LogP contribution in [0.4, 0.5) is 0 Å². The minimum atomic E-state index is -0.133. The van der Waals surface area contributed by atoms with E-state index in [1.807, 2.05) is 6.07 Å². The maximum absolute atomic E-state index is 12.2. The lowest BCUT2D eigenvalue weighted by atomic mass is 10.0. The van der Waals surface area contributed by atoms with Gasteiger partial charge in [0.15, 0.2) is 12.1 Å². The van der Waals surface area contributed by atoms with Gasteiger partial charge < -0.3 is 14.6 Å². The van der Waals surface area contributed by atoms with E-state index in [-0.39, 0.29) is 11.9 Å². The van der Waals surface area contributed by atoms with Gasteiger partial charge >= 0.3 is 0 Å². The summed E-state index contributed by atoms with van der Waals surface area (Å²) in [5, 5.41) is 3.09. The summed E-state index contributed by atoms with van der Waals surface area (Å²) >= 11 is 0. The normalized spacial score (nSPS) is 18.7. The number of piperidine rings is 1. The third-order valence-electron chi connectivity index (χ3n) is 4.36. The highest BCUT2D eigenvalue weighted by Gasteiger charge is 2.23. The first kappa shape index (κ1) is 15.7. The molecule has 122 valence electrons. The number of aromatic nitrogens is 1. The molecule has 3 rings (SSSR count). The molecule has 1 atom stereocenters. The molecule has 0 unspecified atom stereocenters. The summed E-state index contributed by atoms with van der Waals surface area (Å²) in [6.07, 6.45) is 4.49. The van der Waals surface area contributed by atoms with E-state index in [1.165, 1.54) is 12.0 Å². The topological polar surface area (TPSA) is 58.4 Å². The number of hydrogen-bond donors (Lipinski definition) is 1. The van der Waals surface area contributed by atoms with Gasteiger partial charge in [0.05, 0.1) is 0 Å². The lowest BCUT2D eigenvalue weighted by Gasteiger charge is -2.33. The van der Waals surface area contributed by atoms with E-state index in [9.17, 15) is 4.79 Å². The van der Waals surface area contributed by atoms with E-state index in [0.29, 0.717) is 11.5 Å². The van der Waals surface area contributed by atoms with Crippen LogP contribution in [0.25, 0.3) is 0 Å². The highest BCUT2D eigenvalue weighted by Crippen LogP contribution is 2.13. The Hall–Kier alpha value is -2.14. The van der Waals surface area contributed by atoms with Crippen molar-refractivity contribution in [1.82, 2.24) is 15.2 Å². The van der Waals surface area contributed by atoms with Crippen LogP contribution in [0.3, 0.4) is 0 Å². The first-order valence-corrected chi connectivity index (χ1v) is 8.19. The molecule has 0 saturated carbocycles. The van der Waals surface area contributed by atoms with E-state index >= 15 is 0 Å². The van der Waals surface area contributed by atoms with Gasteiger partial charge in [0.2, 0.25) is 0 Å². The number of oxazole rings is 1. The number of benzene rings is 1. The zero-order chi connectivity index (χ0) is 16.1. The number of carbonyl (C=O) groups is 1. The molecule has 23 heavy (non-hydrogen) atoms. The predicted molar refractivity (Wildman–Crippen MR) is 88.3 cm³/mol. The van der Waals surface area contributed by atoms with Gasteiger partial charge in [-0.2, -0.15) is 0 Å². The fourth-order valence-corrected chi connectivity index (χ4v) is 3.09. The third kappa shape index (κ3) is 4.20. The van der Waals surface area contributed by atoms with Crippen molar-refractivity contribution in [2.75, 3.05) is 19.6 Å². The Morgan fingerprint density at radius 2 is 2.22 bits per heavy atom. The lowest BCUT2D eigenvalue weighted by molar-refractivity contribution is 0.0898. The van der Waals surface area contributed by atoms with E-state index in [4.69, 9.17) is 4.42 Å². The summed E-state index contributed by atoms with van der Waals surface area (Å²) in [7, 11) is 0. The number of nitrogens with zero attached hydrogens (tertiary/aromatic N) is 2. The second kappa shape index (κ2) is 7.42. The quantitative estimate of drug-likeness (QED) is 0.921. The van der Waals surface area contributed by atoms with Gasteiger partial charge in [0, 0.05) is 19.1 Å². The molecule has 1 aromatic carbocycles. The van der Waals surface area contributed by atoms with Crippen LogP contribution in [0.2, 0.25) is 0 Å². The fraction of sp³-hybridized carbons (Fsp3) is 0.444. The fourth-order valence-electron chi connectivity index (χ4n) is 3.09. The second-order valence-electron chi connectivity index (χ2n) is 6.11. The number of likely N-dealkylation sites (tertiary alicyclic amines) is 1. The van der Waals surface area contributed by atoms with Crippen molar-refractivity contribution in [3.8, 4) is 0 Å². The van der Waals surface area contributed by atoms with Crippen LogP contribution in [-0.2, 0) is 6.42 Å². The number of amides is 1. The summed E-state index contributed by atoms with van der Waals surface area (Å²) in [4.78, 5) is 18.6. The van der Waals surface area contributed by atoms with Crippen LogP contribution in [0.1, 0.15) is 34.7 Å². The average molecular weight is 313 g/mol. The zero-order valence-electron chi connectivity index (χ0n) is 13.5. The lowest BCUT2D eigenvalue weighted by Crippen LogP contribution is -2.48. The molecule has 5 heteroatoms. The van der Waals surface area contributed by atoms with Crippen molar-refractivity contribution < 1.29 is 9.21 Å². The third-order valence-corrected chi connectivity index (χ3v) is 4.36. The number of nitrogens with one attached hydrogen (secondary N) is 1. The molecule has 1 N–H and O–H groups in total. The Kier molecular flexibility index (Phi) is 5.08. The van der Waals surface area contributed by atoms with E-state index in [0.717, 1.165) is 38.9 Å². The van der Waals surface area contributed by atoms with E-state index in [2.05, 4.69) is 39.5 Å². The van der Waals surface area contributed by atoms with Gasteiger partial charge in [-0.1, -0.05) is 30.3 Å². The monoisotopic (exact) mass is 313 g/mol. The molecular formula is C18H23N3O2. The summed E-state index contributed by atoms with van der Waals surface area (Å²) in [6.45, 7) is 4.78. The largest absolute Gasteiger partial charge is 0.448 e. The molecule has 5 nitrogen and oxygen atoms in total. The molecule has 1 amide bonds. The molecule has 1 aliphatic rings. The first-order chi connectivity index (χ1) is 11.2. The van der Waals surface area contributed by atoms with Gasteiger partial charge in [-0.15, -0.1) is 0 Å². The Bertz CT molecular complexity index is 639. The Morgan fingerprint density at radius 3 is 2.96 bits per heavy atom. The Labute approximate surface area is 136 Å². The second-order valence-corrected chi connectivity index (χ2v) is 6.11. The molecule has 1 aromatic heterocycles. The van der Waals surface area contributed by atoms with Crippen LogP contribution >= 0.6 is 0 Å². The molecule has 1 saturated heterocycles. The molecule has 2 aromatic rings. The Morgan fingerprint density at radius 1 is 1.39 bits per heavy atom. The minimum absolute atomic E-state index is 0.133. The maximum atomic E-state index is 12.2. The summed E-state index contributed by atoms with van der Waals surface area (Å²) in [5.41, 5.74) is 1.75. The zero-order valence-corrected chi connectivity index (χ0v) is 13.5. The van der Waals surface area contributed by atoms with E-state index in [1.54, 1.807) is 6.92 Å². The van der Waals surface area contributed by atoms with Gasteiger partial charge in [-0.05, 0) is 38.3 Å². The predicted octanol–water partition coefficient (Wildman–Crippen LogP) is 2.42. The Balaban J connectivity index is 1.50. The van der Waals surface area contributed by atoms with Crippen LogP contribution < -0.4 is 5.32 Å². The first-order valence-electron chi connectivity index (χ1n) is 8.19. The number of carbonyl (C=O) groups excluding carboxylic acids is 1. The summed E-state index contributed by atoms with van der Waals surface area (Å²) in [6, 6.07) is 10.7. The highest BCUT2D eigenvalue weighted by molar-refractivity contribution is 5.93. The van der Waals surface area contributed by atoms with Gasteiger partial charge in [0.1, 0.15) is 5.76 Å². The minimum Gasteiger partial charge on any atom is -0.448 e. The standard InChI is InChI=1S/C18H23N3O2/c1-14-17(19-13-23-14)18(22)20-16-8-5-10-21(12-16)11-9-15-6-3-2-4-7-15/h2-4,6-7,13,16H,5,8-12H2,1H3,(H,20,22)/t16-/m1/s1.